The summed E-state index contributed by atoms with van der Waals surface area (Å²) in [5.74, 6) is 0.297. The molecule has 21 heavy (non-hydrogen) atoms. The second-order valence-electron chi connectivity index (χ2n) is 5.14. The summed E-state index contributed by atoms with van der Waals surface area (Å²) >= 11 is 0. The summed E-state index contributed by atoms with van der Waals surface area (Å²) in [6.45, 7) is 2.27. The zero-order valence-corrected chi connectivity index (χ0v) is 12.1. The summed E-state index contributed by atoms with van der Waals surface area (Å²) in [6, 6.07) is 13.3. The van der Waals surface area contributed by atoms with Gasteiger partial charge in [-0.05, 0) is 47.4 Å². The molecule has 0 saturated heterocycles. The van der Waals surface area contributed by atoms with Crippen LogP contribution in [0, 0.1) is 6.92 Å². The van der Waals surface area contributed by atoms with Crippen molar-refractivity contribution in [3.8, 4) is 16.9 Å². The number of hydrogen-bond donors (Lipinski definition) is 4. The molecular weight excluding hydrogens is 266 g/mol. The molecule has 4 heteroatoms. The average molecular weight is 287 g/mol. The Balaban J connectivity index is 2.15. The van der Waals surface area contributed by atoms with Gasteiger partial charge in [0.1, 0.15) is 5.75 Å². The predicted molar refractivity (Wildman–Crippen MR) is 83.1 cm³/mol. The van der Waals surface area contributed by atoms with E-state index in [0.29, 0.717) is 12.3 Å². The lowest BCUT2D eigenvalue weighted by molar-refractivity contribution is 0.170. The van der Waals surface area contributed by atoms with Crippen molar-refractivity contribution in [2.45, 2.75) is 19.5 Å². The van der Waals surface area contributed by atoms with Crippen LogP contribution in [-0.2, 0) is 6.54 Å². The molecule has 2 aromatic rings. The number of rotatable bonds is 6. The van der Waals surface area contributed by atoms with Crippen LogP contribution in [0.3, 0.4) is 0 Å². The molecule has 2 aromatic carbocycles. The largest absolute Gasteiger partial charge is 0.508 e. The van der Waals surface area contributed by atoms with Crippen LogP contribution in [0.4, 0.5) is 0 Å². The Hall–Kier alpha value is -1.88. The number of benzene rings is 2. The van der Waals surface area contributed by atoms with E-state index >= 15 is 0 Å². The Morgan fingerprint density at radius 3 is 2.38 bits per heavy atom. The molecule has 112 valence electrons. The fourth-order valence-electron chi connectivity index (χ4n) is 2.14. The summed E-state index contributed by atoms with van der Waals surface area (Å²) in [6.07, 6.45) is 0. The fourth-order valence-corrected chi connectivity index (χ4v) is 2.14. The molecule has 0 bridgehead atoms. The van der Waals surface area contributed by atoms with Crippen LogP contribution in [0.5, 0.6) is 5.75 Å². The molecule has 0 unspecified atom stereocenters. The maximum Gasteiger partial charge on any atom is 0.118 e. The van der Waals surface area contributed by atoms with Crippen LogP contribution in [-0.4, -0.2) is 34.6 Å². The fraction of sp³-hybridized carbons (Fsp3) is 0.294. The van der Waals surface area contributed by atoms with Gasteiger partial charge >= 0.3 is 0 Å². The van der Waals surface area contributed by atoms with Crippen LogP contribution in [0.2, 0.25) is 0 Å². The highest BCUT2D eigenvalue weighted by molar-refractivity contribution is 5.66. The van der Waals surface area contributed by atoms with E-state index in [0.717, 1.165) is 22.3 Å². The van der Waals surface area contributed by atoms with Crippen LogP contribution < -0.4 is 5.32 Å². The molecule has 0 radical (unpaired) electrons. The first-order valence-corrected chi connectivity index (χ1v) is 6.98. The third kappa shape index (κ3) is 4.04. The van der Waals surface area contributed by atoms with Crippen LogP contribution in [0.1, 0.15) is 11.1 Å². The molecule has 0 aliphatic heterocycles. The van der Waals surface area contributed by atoms with Crippen LogP contribution in [0.15, 0.2) is 42.5 Å². The van der Waals surface area contributed by atoms with Gasteiger partial charge in [0.25, 0.3) is 0 Å². The van der Waals surface area contributed by atoms with Gasteiger partial charge in [0.2, 0.25) is 0 Å². The lowest BCUT2D eigenvalue weighted by atomic mass is 10.0. The molecule has 0 saturated carbocycles. The van der Waals surface area contributed by atoms with Gasteiger partial charge in [-0.2, -0.15) is 0 Å². The molecule has 0 amide bonds. The zero-order valence-electron chi connectivity index (χ0n) is 12.1. The lowest BCUT2D eigenvalue weighted by Gasteiger charge is -2.14. The summed E-state index contributed by atoms with van der Waals surface area (Å²) in [4.78, 5) is 0. The first kappa shape index (κ1) is 15.5. The monoisotopic (exact) mass is 287 g/mol. The van der Waals surface area contributed by atoms with Crippen molar-refractivity contribution in [1.29, 1.82) is 0 Å². The number of aliphatic hydroxyl groups excluding tert-OH is 2. The van der Waals surface area contributed by atoms with Crippen molar-refractivity contribution in [1.82, 2.24) is 5.32 Å². The number of aromatic hydroxyl groups is 1. The second kappa shape index (κ2) is 7.22. The van der Waals surface area contributed by atoms with Crippen LogP contribution in [0.25, 0.3) is 11.1 Å². The Bertz CT molecular complexity index is 594. The van der Waals surface area contributed by atoms with E-state index in [1.54, 1.807) is 6.07 Å². The minimum atomic E-state index is -0.301. The van der Waals surface area contributed by atoms with Gasteiger partial charge in [-0.25, -0.2) is 0 Å². The van der Waals surface area contributed by atoms with Gasteiger partial charge < -0.3 is 20.6 Å². The Labute approximate surface area is 124 Å². The predicted octanol–water partition coefficient (Wildman–Crippen LogP) is 1.81. The molecule has 0 fully saturated rings. The molecule has 0 aliphatic rings. The van der Waals surface area contributed by atoms with Gasteiger partial charge in [-0.3, -0.25) is 0 Å². The maximum atomic E-state index is 9.59. The number of aryl methyl sites for hydroxylation is 1. The van der Waals surface area contributed by atoms with Crippen LogP contribution >= 0.6 is 0 Å². The third-order valence-electron chi connectivity index (χ3n) is 3.49. The summed E-state index contributed by atoms with van der Waals surface area (Å²) in [5.41, 5.74) is 4.04. The highest BCUT2D eigenvalue weighted by atomic mass is 16.3. The van der Waals surface area contributed by atoms with Crippen molar-refractivity contribution in [2.24, 2.45) is 0 Å². The Morgan fingerprint density at radius 2 is 1.71 bits per heavy atom. The maximum absolute atomic E-state index is 9.59. The molecule has 2 rings (SSSR count). The van der Waals surface area contributed by atoms with E-state index < -0.39 is 0 Å². The van der Waals surface area contributed by atoms with Crippen molar-refractivity contribution in [3.63, 3.8) is 0 Å². The number of aliphatic hydroxyl groups is 2. The van der Waals surface area contributed by atoms with Gasteiger partial charge in [0.15, 0.2) is 0 Å². The molecule has 0 atom stereocenters. The Kier molecular flexibility index (Phi) is 5.33. The number of phenolic OH excluding ortho intramolecular Hbond substituents is 1. The quantitative estimate of drug-likeness (QED) is 0.654. The van der Waals surface area contributed by atoms with E-state index in [1.165, 1.54) is 0 Å². The van der Waals surface area contributed by atoms with E-state index in [9.17, 15) is 5.11 Å². The highest BCUT2D eigenvalue weighted by Gasteiger charge is 2.06. The van der Waals surface area contributed by atoms with Crippen molar-refractivity contribution in [2.75, 3.05) is 13.2 Å². The normalized spacial score (nSPS) is 11.0. The standard InChI is InChI=1S/C17H21NO3/c1-12-7-15(5-6-17(12)21)14-4-2-3-13(8-14)9-18-16(10-19)11-20/h2-8,16,18-21H,9-11H2,1H3. The molecule has 4 N–H and O–H groups in total. The highest BCUT2D eigenvalue weighted by Crippen LogP contribution is 2.25. The summed E-state index contributed by atoms with van der Waals surface area (Å²) < 4.78 is 0. The van der Waals surface area contributed by atoms with E-state index in [4.69, 9.17) is 10.2 Å². The average Bonchev–Trinajstić information content (AvgIpc) is 2.51. The molecule has 4 nitrogen and oxygen atoms in total. The van der Waals surface area contributed by atoms with Gasteiger partial charge in [0.05, 0.1) is 19.3 Å². The van der Waals surface area contributed by atoms with Crippen molar-refractivity contribution >= 4 is 0 Å². The third-order valence-corrected chi connectivity index (χ3v) is 3.49. The van der Waals surface area contributed by atoms with Gasteiger partial charge in [-0.1, -0.05) is 24.3 Å². The van der Waals surface area contributed by atoms with Gasteiger partial charge in [0, 0.05) is 6.54 Å². The second-order valence-corrected chi connectivity index (χ2v) is 5.14. The molecular formula is C17H21NO3. The Morgan fingerprint density at radius 1 is 1.00 bits per heavy atom. The summed E-state index contributed by atoms with van der Waals surface area (Å²) in [7, 11) is 0. The number of hydrogen-bond acceptors (Lipinski definition) is 4. The summed E-state index contributed by atoms with van der Waals surface area (Å²) in [5, 5.41) is 30.8. The number of phenols is 1. The van der Waals surface area contributed by atoms with Gasteiger partial charge in [-0.15, -0.1) is 0 Å². The van der Waals surface area contributed by atoms with E-state index in [1.807, 2.05) is 37.3 Å². The number of nitrogens with one attached hydrogen (secondary N) is 1. The molecule has 0 aromatic heterocycles. The molecule has 0 spiro atoms. The topological polar surface area (TPSA) is 72.7 Å². The van der Waals surface area contributed by atoms with Crippen molar-refractivity contribution < 1.29 is 15.3 Å². The van der Waals surface area contributed by atoms with Crippen molar-refractivity contribution in [3.05, 3.63) is 53.6 Å². The zero-order chi connectivity index (χ0) is 15.2. The first-order valence-electron chi connectivity index (χ1n) is 6.98. The molecule has 0 heterocycles. The van der Waals surface area contributed by atoms with E-state index in [-0.39, 0.29) is 19.3 Å². The minimum absolute atomic E-state index is 0.0899. The van der Waals surface area contributed by atoms with E-state index in [2.05, 4.69) is 11.4 Å². The first-order chi connectivity index (χ1) is 10.1. The minimum Gasteiger partial charge on any atom is -0.508 e. The SMILES string of the molecule is Cc1cc(-c2cccc(CNC(CO)CO)c2)ccc1O. The lowest BCUT2D eigenvalue weighted by Crippen LogP contribution is -2.35. The molecule has 0 aliphatic carbocycles. The smallest absolute Gasteiger partial charge is 0.118 e.